The molecule has 208 valence electrons. The predicted octanol–water partition coefficient (Wildman–Crippen LogP) is 4.12. The van der Waals surface area contributed by atoms with Gasteiger partial charge in [-0.05, 0) is 67.6 Å². The Morgan fingerprint density at radius 2 is 1.73 bits per heavy atom. The number of hydrogen-bond acceptors (Lipinski definition) is 6. The second-order valence-electron chi connectivity index (χ2n) is 10.6. The van der Waals surface area contributed by atoms with E-state index in [0.717, 1.165) is 17.0 Å². The van der Waals surface area contributed by atoms with E-state index < -0.39 is 51.1 Å². The van der Waals surface area contributed by atoms with Gasteiger partial charge in [-0.1, -0.05) is 17.7 Å². The van der Waals surface area contributed by atoms with Gasteiger partial charge < -0.3 is 9.84 Å². The summed E-state index contributed by atoms with van der Waals surface area (Å²) < 4.78 is 19.0. The second kappa shape index (κ2) is 9.04. The van der Waals surface area contributed by atoms with Gasteiger partial charge in [-0.3, -0.25) is 24.1 Å². The molecule has 0 spiro atoms. The number of aromatic hydroxyl groups is 1. The number of nitrogens with zero attached hydrogens (tertiary/aromatic N) is 2. The smallest absolute Gasteiger partial charge is 0.258 e. The summed E-state index contributed by atoms with van der Waals surface area (Å²) in [6.45, 7) is 1.94. The molecule has 11 heteroatoms. The average Bonchev–Trinajstić information content (AvgIpc) is 3.27. The Morgan fingerprint density at radius 1 is 1.02 bits per heavy atom. The van der Waals surface area contributed by atoms with Crippen LogP contribution in [0.25, 0.3) is 0 Å². The lowest BCUT2D eigenvalue weighted by atomic mass is 9.56. The highest BCUT2D eigenvalue weighted by Crippen LogP contribution is 2.66. The highest BCUT2D eigenvalue weighted by Gasteiger charge is 2.76. The van der Waals surface area contributed by atoms with Crippen LogP contribution in [0.1, 0.15) is 31.2 Å². The summed E-state index contributed by atoms with van der Waals surface area (Å²) >= 11 is 14.5. The van der Waals surface area contributed by atoms with Crippen molar-refractivity contribution in [2.45, 2.75) is 35.4 Å². The van der Waals surface area contributed by atoms with Crippen LogP contribution in [-0.4, -0.2) is 57.0 Å². The van der Waals surface area contributed by atoms with E-state index in [2.05, 4.69) is 0 Å². The molecule has 2 aromatic rings. The maximum Gasteiger partial charge on any atom is 0.258 e. The van der Waals surface area contributed by atoms with Crippen molar-refractivity contribution in [3.63, 3.8) is 0 Å². The van der Waals surface area contributed by atoms with E-state index >= 15 is 0 Å². The summed E-state index contributed by atoms with van der Waals surface area (Å²) in [5, 5.41) is 10.3. The number of phenols is 1. The van der Waals surface area contributed by atoms with Gasteiger partial charge in [0.25, 0.3) is 11.8 Å². The third-order valence-corrected chi connectivity index (χ3v) is 10.3. The van der Waals surface area contributed by atoms with Gasteiger partial charge >= 0.3 is 0 Å². The molecule has 2 aromatic carbocycles. The Kier molecular flexibility index (Phi) is 6.05. The van der Waals surface area contributed by atoms with Crippen molar-refractivity contribution in [2.24, 2.45) is 17.8 Å². The standard InChI is InChI=1S/C29H25Cl2FN2O6/c1-3-33-24(36)18-10-9-17-19(22(18)25(33)37)13-28(30)26(38)34(16-7-5-15(32)6-8-16)27(39)29(28,31)23(17)14-4-11-20(35)21(12-14)40-2/h4-9,11-12,18-19,22-23,35H,3,10,13H2,1-2H3/t18-,19+,22-,23-,28+,29-/m0/s1. The minimum atomic E-state index is -2.05. The van der Waals surface area contributed by atoms with Gasteiger partial charge in [-0.25, -0.2) is 9.29 Å². The van der Waals surface area contributed by atoms with E-state index in [1.54, 1.807) is 13.0 Å². The van der Waals surface area contributed by atoms with Crippen molar-refractivity contribution in [1.29, 1.82) is 0 Å². The van der Waals surface area contributed by atoms with Gasteiger partial charge in [0.2, 0.25) is 11.8 Å². The fraction of sp³-hybridized carbons (Fsp3) is 0.379. The van der Waals surface area contributed by atoms with Crippen LogP contribution in [0.4, 0.5) is 10.1 Å². The lowest BCUT2D eigenvalue weighted by Gasteiger charge is -2.50. The van der Waals surface area contributed by atoms with Crippen LogP contribution in [0.3, 0.4) is 0 Å². The first-order valence-electron chi connectivity index (χ1n) is 12.9. The number of imide groups is 2. The number of carbonyl (C=O) groups excluding carboxylic acids is 4. The zero-order valence-electron chi connectivity index (χ0n) is 21.6. The van der Waals surface area contributed by atoms with E-state index in [1.807, 2.05) is 6.08 Å². The third-order valence-electron chi connectivity index (χ3n) is 8.84. The van der Waals surface area contributed by atoms with Crippen LogP contribution in [0, 0.1) is 23.6 Å². The molecule has 1 N–H and O–H groups in total. The number of alkyl halides is 2. The lowest BCUT2D eigenvalue weighted by molar-refractivity contribution is -0.140. The van der Waals surface area contributed by atoms with Crippen LogP contribution >= 0.6 is 23.2 Å². The molecule has 1 saturated carbocycles. The molecule has 2 aliphatic heterocycles. The molecule has 3 fully saturated rings. The zero-order chi connectivity index (χ0) is 28.7. The number of phenolic OH excluding ortho intramolecular Hbond substituents is 1. The van der Waals surface area contributed by atoms with E-state index in [9.17, 15) is 28.7 Å². The quantitative estimate of drug-likeness (QED) is 0.328. The zero-order valence-corrected chi connectivity index (χ0v) is 23.1. The van der Waals surface area contributed by atoms with E-state index in [4.69, 9.17) is 27.9 Å². The number of likely N-dealkylation sites (tertiary alicyclic amines) is 1. The van der Waals surface area contributed by atoms with Gasteiger partial charge in [0.15, 0.2) is 21.2 Å². The number of amides is 4. The minimum Gasteiger partial charge on any atom is -0.504 e. The molecule has 0 bridgehead atoms. The number of carbonyl (C=O) groups is 4. The van der Waals surface area contributed by atoms with Gasteiger partial charge in [-0.2, -0.15) is 0 Å². The topological polar surface area (TPSA) is 104 Å². The lowest BCUT2D eigenvalue weighted by Crippen LogP contribution is -2.60. The number of ether oxygens (including phenoxy) is 1. The largest absolute Gasteiger partial charge is 0.504 e. The summed E-state index contributed by atoms with van der Waals surface area (Å²) in [4.78, 5) is 53.0. The van der Waals surface area contributed by atoms with Crippen molar-refractivity contribution < 1.29 is 33.4 Å². The van der Waals surface area contributed by atoms with Crippen LogP contribution in [-0.2, 0) is 19.2 Å². The maximum atomic E-state index is 14.2. The monoisotopic (exact) mass is 586 g/mol. The molecule has 4 amide bonds. The normalized spacial score (nSPS) is 33.1. The van der Waals surface area contributed by atoms with Gasteiger partial charge in [0, 0.05) is 12.5 Å². The Balaban J connectivity index is 1.57. The molecule has 40 heavy (non-hydrogen) atoms. The number of halogens is 3. The SMILES string of the molecule is CCN1C(=O)[C@H]2[C@H](CC=C3[C@H]2C[C@@]2(Cl)C(=O)N(c4ccc(F)cc4)C(=O)[C@@]2(Cl)[C@H]3c2ccc(O)c(OC)c2)C1=O. The summed E-state index contributed by atoms with van der Waals surface area (Å²) in [5.74, 6) is -5.83. The number of methoxy groups -OCH3 is 1. The first kappa shape index (κ1) is 26.8. The Bertz CT molecular complexity index is 1510. The molecule has 0 aromatic heterocycles. The highest BCUT2D eigenvalue weighted by molar-refractivity contribution is 6.58. The molecule has 0 radical (unpaired) electrons. The average molecular weight is 587 g/mol. The van der Waals surface area contributed by atoms with Gasteiger partial charge in [-0.15, -0.1) is 23.2 Å². The van der Waals surface area contributed by atoms with Gasteiger partial charge in [0.1, 0.15) is 5.82 Å². The fourth-order valence-corrected chi connectivity index (χ4v) is 7.96. The Morgan fingerprint density at radius 3 is 2.38 bits per heavy atom. The summed E-state index contributed by atoms with van der Waals surface area (Å²) in [5.41, 5.74) is 1.17. The highest BCUT2D eigenvalue weighted by atomic mass is 35.5. The number of fused-ring (bicyclic) bond motifs is 4. The number of hydrogen-bond donors (Lipinski definition) is 1. The third kappa shape index (κ3) is 3.31. The van der Waals surface area contributed by atoms with Crippen LogP contribution in [0.2, 0.25) is 0 Å². The number of allylic oxidation sites excluding steroid dienone is 2. The molecule has 6 rings (SSSR count). The first-order chi connectivity index (χ1) is 19.0. The molecule has 4 aliphatic rings. The van der Waals surface area contributed by atoms with Crippen LogP contribution in [0.15, 0.2) is 54.1 Å². The van der Waals surface area contributed by atoms with Crippen molar-refractivity contribution in [1.82, 2.24) is 4.90 Å². The van der Waals surface area contributed by atoms with E-state index in [1.165, 1.54) is 36.3 Å². The van der Waals surface area contributed by atoms with Crippen molar-refractivity contribution in [3.05, 3.63) is 65.5 Å². The van der Waals surface area contributed by atoms with E-state index in [-0.39, 0.29) is 48.4 Å². The summed E-state index contributed by atoms with van der Waals surface area (Å²) in [7, 11) is 1.37. The van der Waals surface area contributed by atoms with Crippen molar-refractivity contribution in [3.8, 4) is 11.5 Å². The van der Waals surface area contributed by atoms with Gasteiger partial charge in [0.05, 0.1) is 24.6 Å². The first-order valence-corrected chi connectivity index (χ1v) is 13.7. The molecule has 2 heterocycles. The number of benzene rings is 2. The summed E-state index contributed by atoms with van der Waals surface area (Å²) in [6.07, 6.45) is 1.93. The molecular weight excluding hydrogens is 562 g/mol. The van der Waals surface area contributed by atoms with E-state index in [0.29, 0.717) is 11.1 Å². The van der Waals surface area contributed by atoms with Crippen molar-refractivity contribution in [2.75, 3.05) is 18.6 Å². The minimum absolute atomic E-state index is 0.104. The van der Waals surface area contributed by atoms with Crippen LogP contribution < -0.4 is 9.64 Å². The molecule has 6 atom stereocenters. The predicted molar refractivity (Wildman–Crippen MR) is 144 cm³/mol. The molecule has 2 saturated heterocycles. The molecule has 0 unspecified atom stereocenters. The Hall–Kier alpha value is -3.43. The molecule has 8 nitrogen and oxygen atoms in total. The summed E-state index contributed by atoms with van der Waals surface area (Å²) in [6, 6.07) is 9.31. The molecular formula is C29H25Cl2FN2O6. The maximum absolute atomic E-state index is 14.2. The fourth-order valence-electron chi connectivity index (χ4n) is 7.02. The van der Waals surface area contributed by atoms with Crippen LogP contribution in [0.5, 0.6) is 11.5 Å². The Labute approximate surface area is 239 Å². The van der Waals surface area contributed by atoms with Crippen molar-refractivity contribution >= 4 is 52.5 Å². The second-order valence-corrected chi connectivity index (χ2v) is 11.8. The molecule has 2 aliphatic carbocycles. The number of anilines is 1. The number of rotatable bonds is 4.